The Kier molecular flexibility index (Phi) is 4.99. The van der Waals surface area contributed by atoms with Gasteiger partial charge in [0.05, 0.1) is 11.6 Å². The number of likely N-dealkylation sites (tertiary alicyclic amines) is 1. The van der Waals surface area contributed by atoms with E-state index in [1.807, 2.05) is 0 Å². The Morgan fingerprint density at radius 2 is 2.10 bits per heavy atom. The van der Waals surface area contributed by atoms with Crippen molar-refractivity contribution >= 4 is 17.2 Å². The molecule has 4 rings (SSSR count). The molecular formula is C18H16F3N5O2S. The minimum absolute atomic E-state index is 0.159. The second-order valence-electron chi connectivity index (χ2n) is 6.69. The van der Waals surface area contributed by atoms with E-state index in [9.17, 15) is 22.8 Å². The van der Waals surface area contributed by atoms with Crippen molar-refractivity contribution in [3.8, 4) is 10.6 Å². The summed E-state index contributed by atoms with van der Waals surface area (Å²) in [7, 11) is 0. The Bertz CT molecular complexity index is 1090. The molecule has 1 aliphatic rings. The molecule has 1 aromatic carbocycles. The zero-order valence-electron chi connectivity index (χ0n) is 15.0. The Balaban J connectivity index is 1.60. The predicted octanol–water partition coefficient (Wildman–Crippen LogP) is 3.61. The van der Waals surface area contributed by atoms with E-state index >= 15 is 0 Å². The molecule has 0 aliphatic carbocycles. The molecule has 1 saturated heterocycles. The minimum atomic E-state index is -4.45. The smallest absolute Gasteiger partial charge is 0.327 e. The van der Waals surface area contributed by atoms with E-state index in [-0.39, 0.29) is 17.6 Å². The van der Waals surface area contributed by atoms with Crippen molar-refractivity contribution in [2.75, 3.05) is 6.54 Å². The molecule has 152 valence electrons. The highest BCUT2D eigenvalue weighted by Crippen LogP contribution is 2.34. The molecule has 0 spiro atoms. The topological polar surface area (TPSA) is 94.7 Å². The fraction of sp³-hybridized carbons (Fsp3) is 0.333. The number of piperidine rings is 1. The standard InChI is InChI=1S/C18H16F3N5O2S/c19-18(20,21)11-5-3-4-10(8-11)15-22-12(9-29-15)16(27)26-7-2-1-6-13(26)14-23-17(28)25-24-14/h3-5,8-9,13H,1-2,6-7H2,(H2,23,24,25,28). The lowest BCUT2D eigenvalue weighted by atomic mass is 10.0. The number of carbonyl (C=O) groups excluding carboxylic acids is 1. The summed E-state index contributed by atoms with van der Waals surface area (Å²) >= 11 is 1.11. The van der Waals surface area contributed by atoms with Gasteiger partial charge in [-0.2, -0.15) is 18.3 Å². The molecule has 1 amide bonds. The summed E-state index contributed by atoms with van der Waals surface area (Å²) in [5.41, 5.74) is -0.752. The van der Waals surface area contributed by atoms with Crippen LogP contribution in [0, 0.1) is 0 Å². The predicted molar refractivity (Wildman–Crippen MR) is 99.4 cm³/mol. The van der Waals surface area contributed by atoms with Gasteiger partial charge in [0.15, 0.2) is 5.82 Å². The van der Waals surface area contributed by atoms with Gasteiger partial charge in [-0.3, -0.25) is 9.78 Å². The van der Waals surface area contributed by atoms with Crippen LogP contribution < -0.4 is 5.69 Å². The highest BCUT2D eigenvalue weighted by Gasteiger charge is 2.33. The molecule has 7 nitrogen and oxygen atoms in total. The summed E-state index contributed by atoms with van der Waals surface area (Å²) in [5.74, 6) is 0.0457. The molecule has 2 aromatic heterocycles. The summed E-state index contributed by atoms with van der Waals surface area (Å²) < 4.78 is 38.9. The van der Waals surface area contributed by atoms with E-state index in [0.29, 0.717) is 29.4 Å². The molecule has 1 atom stereocenters. The monoisotopic (exact) mass is 423 g/mol. The normalized spacial score (nSPS) is 17.5. The van der Waals surface area contributed by atoms with Crippen molar-refractivity contribution in [2.24, 2.45) is 0 Å². The SMILES string of the molecule is O=C(c1csc(-c2cccc(C(F)(F)F)c2)n1)N1CCCCC1c1n[nH]c(=O)[nH]1. The zero-order chi connectivity index (χ0) is 20.6. The summed E-state index contributed by atoms with van der Waals surface area (Å²) in [5, 5.41) is 8.12. The van der Waals surface area contributed by atoms with Crippen LogP contribution >= 0.6 is 11.3 Å². The maximum Gasteiger partial charge on any atom is 0.416 e. The molecule has 1 fully saturated rings. The number of hydrogen-bond acceptors (Lipinski definition) is 5. The maximum absolute atomic E-state index is 13.0. The number of amides is 1. The Morgan fingerprint density at radius 1 is 1.28 bits per heavy atom. The van der Waals surface area contributed by atoms with Crippen LogP contribution in [0.2, 0.25) is 0 Å². The molecule has 1 aliphatic heterocycles. The van der Waals surface area contributed by atoms with Gasteiger partial charge in [-0.25, -0.2) is 14.9 Å². The van der Waals surface area contributed by atoms with Crippen molar-refractivity contribution in [2.45, 2.75) is 31.5 Å². The van der Waals surface area contributed by atoms with E-state index in [0.717, 1.165) is 36.3 Å². The van der Waals surface area contributed by atoms with Gasteiger partial charge in [-0.1, -0.05) is 12.1 Å². The van der Waals surface area contributed by atoms with Gasteiger partial charge in [0.1, 0.15) is 10.7 Å². The molecule has 0 radical (unpaired) electrons. The van der Waals surface area contributed by atoms with E-state index in [1.165, 1.54) is 17.5 Å². The number of carbonyl (C=O) groups is 1. The molecule has 1 unspecified atom stereocenters. The second-order valence-corrected chi connectivity index (χ2v) is 7.55. The minimum Gasteiger partial charge on any atom is -0.327 e. The fourth-order valence-corrected chi connectivity index (χ4v) is 4.17. The van der Waals surface area contributed by atoms with Crippen LogP contribution in [0.25, 0.3) is 10.6 Å². The van der Waals surface area contributed by atoms with Gasteiger partial charge >= 0.3 is 11.9 Å². The second kappa shape index (κ2) is 7.47. The van der Waals surface area contributed by atoms with Gasteiger partial charge in [0, 0.05) is 17.5 Å². The lowest BCUT2D eigenvalue weighted by Gasteiger charge is -2.33. The van der Waals surface area contributed by atoms with Crippen molar-refractivity contribution in [1.82, 2.24) is 25.1 Å². The molecular weight excluding hydrogens is 407 g/mol. The summed E-state index contributed by atoms with van der Waals surface area (Å²) in [6, 6.07) is 4.47. The summed E-state index contributed by atoms with van der Waals surface area (Å²) in [6.45, 7) is 0.481. The molecule has 3 heterocycles. The van der Waals surface area contributed by atoms with Crippen LogP contribution in [0.5, 0.6) is 0 Å². The van der Waals surface area contributed by atoms with Gasteiger partial charge < -0.3 is 4.90 Å². The van der Waals surface area contributed by atoms with Crippen LogP contribution in [0.1, 0.15) is 47.2 Å². The highest BCUT2D eigenvalue weighted by molar-refractivity contribution is 7.13. The van der Waals surface area contributed by atoms with Crippen molar-refractivity contribution < 1.29 is 18.0 Å². The van der Waals surface area contributed by atoms with Gasteiger partial charge in [-0.15, -0.1) is 11.3 Å². The number of aromatic nitrogens is 4. The van der Waals surface area contributed by atoms with Gasteiger partial charge in [0.25, 0.3) is 5.91 Å². The number of nitrogens with one attached hydrogen (secondary N) is 2. The van der Waals surface area contributed by atoms with E-state index in [2.05, 4.69) is 20.2 Å². The number of H-pyrrole nitrogens is 2. The van der Waals surface area contributed by atoms with Crippen molar-refractivity contribution in [3.63, 3.8) is 0 Å². The average Bonchev–Trinajstić information content (AvgIpc) is 3.36. The van der Waals surface area contributed by atoms with E-state index in [1.54, 1.807) is 4.90 Å². The number of benzene rings is 1. The summed E-state index contributed by atoms with van der Waals surface area (Å²) in [4.78, 5) is 32.9. The fourth-order valence-electron chi connectivity index (χ4n) is 3.38. The number of hydrogen-bond donors (Lipinski definition) is 2. The number of halogens is 3. The molecule has 2 N–H and O–H groups in total. The third-order valence-electron chi connectivity index (χ3n) is 4.76. The van der Waals surface area contributed by atoms with Crippen LogP contribution in [0.4, 0.5) is 13.2 Å². The van der Waals surface area contributed by atoms with Crippen LogP contribution in [-0.4, -0.2) is 37.5 Å². The average molecular weight is 423 g/mol. The lowest BCUT2D eigenvalue weighted by Crippen LogP contribution is -2.39. The number of rotatable bonds is 3. The molecule has 0 saturated carbocycles. The number of aromatic amines is 2. The first kappa shape index (κ1) is 19.4. The first-order chi connectivity index (χ1) is 13.8. The number of alkyl halides is 3. The first-order valence-electron chi connectivity index (χ1n) is 8.91. The molecule has 29 heavy (non-hydrogen) atoms. The lowest BCUT2D eigenvalue weighted by molar-refractivity contribution is -0.137. The van der Waals surface area contributed by atoms with Crippen molar-refractivity contribution in [1.29, 1.82) is 0 Å². The van der Waals surface area contributed by atoms with E-state index in [4.69, 9.17) is 0 Å². The Labute approximate surface area is 166 Å². The van der Waals surface area contributed by atoms with Crippen LogP contribution in [-0.2, 0) is 6.18 Å². The maximum atomic E-state index is 13.0. The molecule has 11 heteroatoms. The highest BCUT2D eigenvalue weighted by atomic mass is 32.1. The van der Waals surface area contributed by atoms with Crippen LogP contribution in [0.3, 0.4) is 0 Å². The number of thiazole rings is 1. The molecule has 3 aromatic rings. The van der Waals surface area contributed by atoms with Crippen molar-refractivity contribution in [3.05, 3.63) is 57.2 Å². The molecule has 0 bridgehead atoms. The summed E-state index contributed by atoms with van der Waals surface area (Å²) in [6.07, 6.45) is -2.11. The zero-order valence-corrected chi connectivity index (χ0v) is 15.8. The number of nitrogens with zero attached hydrogens (tertiary/aromatic N) is 3. The van der Waals surface area contributed by atoms with E-state index < -0.39 is 17.4 Å². The first-order valence-corrected chi connectivity index (χ1v) is 9.79. The Hall–Kier alpha value is -2.95. The van der Waals surface area contributed by atoms with Crippen LogP contribution in [0.15, 0.2) is 34.4 Å². The van der Waals surface area contributed by atoms with Gasteiger partial charge in [-0.05, 0) is 31.4 Å². The van der Waals surface area contributed by atoms with Gasteiger partial charge in [0.2, 0.25) is 0 Å². The Morgan fingerprint density at radius 3 is 2.83 bits per heavy atom. The largest absolute Gasteiger partial charge is 0.416 e. The third kappa shape index (κ3) is 3.95. The quantitative estimate of drug-likeness (QED) is 0.673. The third-order valence-corrected chi connectivity index (χ3v) is 5.65.